The van der Waals surface area contributed by atoms with E-state index in [9.17, 15) is 18.0 Å². The number of hydrogen-bond acceptors (Lipinski definition) is 3. The van der Waals surface area contributed by atoms with Crippen molar-refractivity contribution in [3.63, 3.8) is 0 Å². The number of anilines is 1. The lowest BCUT2D eigenvalue weighted by Crippen LogP contribution is -2.34. The summed E-state index contributed by atoms with van der Waals surface area (Å²) in [4.78, 5) is 12.6. The zero-order valence-electron chi connectivity index (χ0n) is 14.0. The molecule has 0 saturated heterocycles. The van der Waals surface area contributed by atoms with Gasteiger partial charge in [0.05, 0.1) is 16.6 Å². The average molecular weight is 416 g/mol. The fourth-order valence-corrected chi connectivity index (χ4v) is 3.12. The van der Waals surface area contributed by atoms with Crippen LogP contribution in [0.2, 0.25) is 10.0 Å². The number of alkyl halides is 2. The smallest absolute Gasteiger partial charge is 0.279 e. The Morgan fingerprint density at radius 2 is 1.96 bits per heavy atom. The first-order valence-electron chi connectivity index (χ1n) is 7.89. The highest BCUT2D eigenvalue weighted by Crippen LogP contribution is 2.34. The summed E-state index contributed by atoms with van der Waals surface area (Å²) >= 11 is 11.9. The molecular formula is C18H14Cl2F3N3O. The summed E-state index contributed by atoms with van der Waals surface area (Å²) in [6, 6.07) is 8.45. The van der Waals surface area contributed by atoms with Gasteiger partial charge in [-0.25, -0.2) is 13.2 Å². The first-order chi connectivity index (χ1) is 12.8. The summed E-state index contributed by atoms with van der Waals surface area (Å²) in [5.74, 6) is -2.27. The maximum atomic E-state index is 13.8. The quantitative estimate of drug-likeness (QED) is 0.769. The molecular weight excluding hydrogens is 402 g/mol. The van der Waals surface area contributed by atoms with Gasteiger partial charge in [0.15, 0.2) is 0 Å². The van der Waals surface area contributed by atoms with Gasteiger partial charge in [0, 0.05) is 18.3 Å². The van der Waals surface area contributed by atoms with Crippen molar-refractivity contribution in [3.8, 4) is 11.1 Å². The summed E-state index contributed by atoms with van der Waals surface area (Å²) in [7, 11) is 1.51. The van der Waals surface area contributed by atoms with Gasteiger partial charge in [0.2, 0.25) is 5.91 Å². The third-order valence-electron chi connectivity index (χ3n) is 4.10. The first kappa shape index (κ1) is 19.5. The fraction of sp³-hybridized carbons (Fsp3) is 0.222. The fourth-order valence-electron chi connectivity index (χ4n) is 2.83. The molecule has 2 aromatic carbocycles. The zero-order chi connectivity index (χ0) is 19.7. The number of halogens is 5. The molecule has 0 bridgehead atoms. The van der Waals surface area contributed by atoms with Gasteiger partial charge in [-0.3, -0.25) is 9.80 Å². The van der Waals surface area contributed by atoms with Gasteiger partial charge in [0.25, 0.3) is 6.43 Å². The molecule has 1 heterocycles. The summed E-state index contributed by atoms with van der Waals surface area (Å²) in [6.07, 6.45) is -2.84. The number of carbonyl (C=O) groups is 1. The van der Waals surface area contributed by atoms with Gasteiger partial charge in [0.1, 0.15) is 17.4 Å². The highest BCUT2D eigenvalue weighted by Gasteiger charge is 2.36. The second-order valence-electron chi connectivity index (χ2n) is 6.03. The van der Waals surface area contributed by atoms with Crippen LogP contribution in [0.1, 0.15) is 0 Å². The Balaban J connectivity index is 1.92. The highest BCUT2D eigenvalue weighted by molar-refractivity contribution is 6.42. The van der Waals surface area contributed by atoms with E-state index in [2.05, 4.69) is 10.4 Å². The molecule has 4 nitrogen and oxygen atoms in total. The van der Waals surface area contributed by atoms with Crippen LogP contribution in [0, 0.1) is 11.7 Å². The maximum absolute atomic E-state index is 13.8. The van der Waals surface area contributed by atoms with E-state index in [1.807, 2.05) is 0 Å². The highest BCUT2D eigenvalue weighted by atomic mass is 35.5. The molecule has 0 aromatic heterocycles. The van der Waals surface area contributed by atoms with Crippen LogP contribution in [0.5, 0.6) is 0 Å². The van der Waals surface area contributed by atoms with Gasteiger partial charge < -0.3 is 5.32 Å². The van der Waals surface area contributed by atoms with Crippen LogP contribution in [-0.2, 0) is 4.79 Å². The predicted octanol–water partition coefficient (Wildman–Crippen LogP) is 4.92. The number of hydrogen-bond donors (Lipinski definition) is 1. The minimum atomic E-state index is -2.84. The average Bonchev–Trinajstić information content (AvgIpc) is 3.01. The normalized spacial score (nSPS) is 16.6. The lowest BCUT2D eigenvalue weighted by Gasteiger charge is -2.16. The molecule has 0 saturated carbocycles. The molecule has 3 rings (SSSR count). The molecule has 1 aliphatic rings. The SMILES string of the molecule is CN1CC(C(=O)Nc2ccc(F)cc2-c2ccc(Cl)c(Cl)c2)C(C(F)F)=N1. The Morgan fingerprint density at radius 1 is 1.22 bits per heavy atom. The molecule has 1 aliphatic heterocycles. The number of amides is 1. The third-order valence-corrected chi connectivity index (χ3v) is 4.84. The lowest BCUT2D eigenvalue weighted by molar-refractivity contribution is -0.118. The summed E-state index contributed by atoms with van der Waals surface area (Å²) in [5, 5.41) is 8.17. The van der Waals surface area contributed by atoms with Crippen molar-refractivity contribution in [1.82, 2.24) is 5.01 Å². The van der Waals surface area contributed by atoms with Crippen LogP contribution < -0.4 is 5.32 Å². The van der Waals surface area contributed by atoms with Gasteiger partial charge in [-0.2, -0.15) is 5.10 Å². The Labute approximate surface area is 163 Å². The topological polar surface area (TPSA) is 44.7 Å². The summed E-state index contributed by atoms with van der Waals surface area (Å²) < 4.78 is 40.0. The van der Waals surface area contributed by atoms with E-state index in [4.69, 9.17) is 23.2 Å². The van der Waals surface area contributed by atoms with Crippen molar-refractivity contribution in [2.45, 2.75) is 6.43 Å². The molecule has 0 fully saturated rings. The molecule has 0 aliphatic carbocycles. The third kappa shape index (κ3) is 4.20. The Hall–Kier alpha value is -2.25. The van der Waals surface area contributed by atoms with E-state index in [1.54, 1.807) is 12.1 Å². The monoisotopic (exact) mass is 415 g/mol. The number of nitrogens with zero attached hydrogens (tertiary/aromatic N) is 2. The van der Waals surface area contributed by atoms with E-state index < -0.39 is 29.8 Å². The maximum Gasteiger partial charge on any atom is 0.279 e. The van der Waals surface area contributed by atoms with Gasteiger partial charge in [-0.1, -0.05) is 29.3 Å². The second-order valence-corrected chi connectivity index (χ2v) is 6.84. The number of benzene rings is 2. The molecule has 9 heteroatoms. The van der Waals surface area contributed by atoms with E-state index >= 15 is 0 Å². The minimum Gasteiger partial charge on any atom is -0.325 e. The summed E-state index contributed by atoms with van der Waals surface area (Å²) in [5.41, 5.74) is 0.644. The van der Waals surface area contributed by atoms with Crippen LogP contribution in [0.4, 0.5) is 18.9 Å². The molecule has 142 valence electrons. The second kappa shape index (κ2) is 7.78. The van der Waals surface area contributed by atoms with Crippen molar-refractivity contribution in [2.24, 2.45) is 11.0 Å². The van der Waals surface area contributed by atoms with Crippen LogP contribution in [0.3, 0.4) is 0 Å². The van der Waals surface area contributed by atoms with Crippen molar-refractivity contribution < 1.29 is 18.0 Å². The molecule has 1 atom stereocenters. The molecule has 0 spiro atoms. The predicted molar refractivity (Wildman–Crippen MR) is 100 cm³/mol. The standard InChI is InChI=1S/C18H14Cl2F3N3O/c1-26-8-12(16(25-26)17(22)23)18(27)24-15-5-3-10(21)7-11(15)9-2-4-13(19)14(20)6-9/h2-7,12,17H,8H2,1H3,(H,24,27). The van der Waals surface area contributed by atoms with Crippen LogP contribution >= 0.6 is 23.2 Å². The van der Waals surface area contributed by atoms with E-state index in [0.717, 1.165) is 0 Å². The van der Waals surface area contributed by atoms with Crippen molar-refractivity contribution in [2.75, 3.05) is 18.9 Å². The molecule has 1 N–H and O–H groups in total. The Bertz CT molecular complexity index is 921. The van der Waals surface area contributed by atoms with Crippen molar-refractivity contribution in [1.29, 1.82) is 0 Å². The molecule has 1 unspecified atom stereocenters. The van der Waals surface area contributed by atoms with E-state index in [-0.39, 0.29) is 17.3 Å². The minimum absolute atomic E-state index is 0.0365. The number of hydrazone groups is 1. The number of nitrogens with one attached hydrogen (secondary N) is 1. The van der Waals surface area contributed by atoms with Gasteiger partial charge in [-0.15, -0.1) is 0 Å². The first-order valence-corrected chi connectivity index (χ1v) is 8.65. The molecule has 2 aromatic rings. The number of rotatable bonds is 4. The van der Waals surface area contributed by atoms with Crippen LogP contribution in [0.15, 0.2) is 41.5 Å². The number of carbonyl (C=O) groups excluding carboxylic acids is 1. The van der Waals surface area contributed by atoms with Gasteiger partial charge >= 0.3 is 0 Å². The zero-order valence-corrected chi connectivity index (χ0v) is 15.5. The van der Waals surface area contributed by atoms with Crippen molar-refractivity contribution >= 4 is 40.5 Å². The van der Waals surface area contributed by atoms with E-state index in [1.165, 1.54) is 36.3 Å². The Morgan fingerprint density at radius 3 is 2.63 bits per heavy atom. The van der Waals surface area contributed by atoms with Crippen LogP contribution in [0.25, 0.3) is 11.1 Å². The van der Waals surface area contributed by atoms with Crippen molar-refractivity contribution in [3.05, 3.63) is 52.3 Å². The molecule has 0 radical (unpaired) electrons. The van der Waals surface area contributed by atoms with Gasteiger partial charge in [-0.05, 0) is 35.9 Å². The largest absolute Gasteiger partial charge is 0.325 e. The van der Waals surface area contributed by atoms with E-state index in [0.29, 0.717) is 16.1 Å². The molecule has 1 amide bonds. The van der Waals surface area contributed by atoms with Crippen LogP contribution in [-0.4, -0.2) is 36.6 Å². The molecule has 27 heavy (non-hydrogen) atoms. The Kier molecular flexibility index (Phi) is 5.62. The lowest BCUT2D eigenvalue weighted by atomic mass is 10.0. The summed E-state index contributed by atoms with van der Waals surface area (Å²) in [6.45, 7) is 0.0365.